The summed E-state index contributed by atoms with van der Waals surface area (Å²) in [6.07, 6.45) is 19.0. The molecule has 0 bridgehead atoms. The highest BCUT2D eigenvalue weighted by atomic mass is 79.9. The van der Waals surface area contributed by atoms with E-state index in [2.05, 4.69) is 181 Å². The van der Waals surface area contributed by atoms with Gasteiger partial charge in [-0.05, 0) is 108 Å². The fourth-order valence-electron chi connectivity index (χ4n) is 7.54. The highest BCUT2D eigenvalue weighted by Crippen LogP contribution is 2.49. The van der Waals surface area contributed by atoms with Crippen LogP contribution in [-0.4, -0.2) is 29.0 Å². The average Bonchev–Trinajstić information content (AvgIpc) is 3.75. The van der Waals surface area contributed by atoms with Crippen LogP contribution in [0.15, 0.2) is 142 Å². The van der Waals surface area contributed by atoms with Gasteiger partial charge in [0.15, 0.2) is 8.68 Å². The highest BCUT2D eigenvalue weighted by molar-refractivity contribution is 9.10. The molecule has 0 radical (unpaired) electrons. The highest BCUT2D eigenvalue weighted by Gasteiger charge is 2.39. The third-order valence-corrected chi connectivity index (χ3v) is 15.5. The van der Waals surface area contributed by atoms with E-state index in [4.69, 9.17) is 10.1 Å². The van der Waals surface area contributed by atoms with Crippen molar-refractivity contribution < 1.29 is 0 Å². The molecule has 0 spiro atoms. The summed E-state index contributed by atoms with van der Waals surface area (Å²) in [5.74, 6) is 0.851. The zero-order chi connectivity index (χ0) is 41.3. The summed E-state index contributed by atoms with van der Waals surface area (Å²) in [5, 5.41) is 9.40. The molecule has 9 heteroatoms. The topological polar surface area (TPSA) is 41.4 Å². The molecule has 4 nitrogen and oxygen atoms in total. The van der Waals surface area contributed by atoms with E-state index < -0.39 is 0 Å². The predicted molar refractivity (Wildman–Crippen MR) is 262 cm³/mol. The van der Waals surface area contributed by atoms with Crippen LogP contribution in [0.2, 0.25) is 0 Å². The molecule has 0 fully saturated rings. The lowest BCUT2D eigenvalue weighted by Crippen LogP contribution is -2.28. The van der Waals surface area contributed by atoms with Gasteiger partial charge in [0.2, 0.25) is 0 Å². The standard InChI is InChI=1S/C49H56Br2N4S3/c1-8-11-29-52-43(48(4,5)38-17-14-18-39(50)31-38)27-23-36-15-13-16-37(24-28-44-49(6,7)41-32-40(51)25-26-42(41)55(44)30-12-9-2)45(36)57-47-54-53-46(58-47)56-33-35-21-19-34(10-3)20-22-35/h10,14,17-28,31-32H,3,8-9,11-13,15-16,29-30,33H2,1-2,4-7H3/b27-23+,37-24+,44-28+,52-43+. The number of aromatic nitrogens is 2. The van der Waals surface area contributed by atoms with Crippen molar-refractivity contribution in [1.82, 2.24) is 10.2 Å². The van der Waals surface area contributed by atoms with Crippen LogP contribution in [0.1, 0.15) is 109 Å². The van der Waals surface area contributed by atoms with Crippen LogP contribution >= 0.6 is 66.7 Å². The number of hydrogen-bond donors (Lipinski definition) is 0. The van der Waals surface area contributed by atoms with Crippen LogP contribution in [0.25, 0.3) is 6.08 Å². The zero-order valence-corrected chi connectivity index (χ0v) is 40.4. The number of hydrogen-bond acceptors (Lipinski definition) is 7. The first-order chi connectivity index (χ1) is 27.9. The van der Waals surface area contributed by atoms with E-state index in [9.17, 15) is 0 Å². The van der Waals surface area contributed by atoms with Crippen LogP contribution in [0.5, 0.6) is 0 Å². The molecule has 1 aliphatic carbocycles. The minimum Gasteiger partial charge on any atom is -0.344 e. The molecule has 0 saturated carbocycles. The molecule has 2 aliphatic rings. The van der Waals surface area contributed by atoms with Crippen molar-refractivity contribution in [3.63, 3.8) is 0 Å². The number of unbranched alkanes of at least 4 members (excludes halogenated alkanes) is 2. The quantitative estimate of drug-likeness (QED) is 0.0599. The Labute approximate surface area is 376 Å². The summed E-state index contributed by atoms with van der Waals surface area (Å²) >= 11 is 12.7. The first kappa shape index (κ1) is 44.6. The van der Waals surface area contributed by atoms with Crippen molar-refractivity contribution >= 4 is 84.2 Å². The number of allylic oxidation sites excluding steroid dienone is 7. The molecular weight excluding hydrogens is 901 g/mol. The molecule has 304 valence electrons. The Morgan fingerprint density at radius 3 is 2.45 bits per heavy atom. The third-order valence-electron chi connectivity index (χ3n) is 11.1. The third kappa shape index (κ3) is 10.9. The van der Waals surface area contributed by atoms with E-state index >= 15 is 0 Å². The van der Waals surface area contributed by atoms with Gasteiger partial charge >= 0.3 is 0 Å². The summed E-state index contributed by atoms with van der Waals surface area (Å²) in [6, 6.07) is 24.0. The average molecular weight is 957 g/mol. The fraction of sp³-hybridized carbons (Fsp3) is 0.367. The lowest BCUT2D eigenvalue weighted by atomic mass is 9.79. The van der Waals surface area contributed by atoms with Gasteiger partial charge in [-0.15, -0.1) is 10.2 Å². The number of rotatable bonds is 17. The maximum Gasteiger partial charge on any atom is 0.179 e. The van der Waals surface area contributed by atoms with Gasteiger partial charge in [-0.2, -0.15) is 0 Å². The molecular formula is C49H56Br2N4S3. The van der Waals surface area contributed by atoms with Crippen LogP contribution < -0.4 is 4.90 Å². The van der Waals surface area contributed by atoms with Crippen LogP contribution in [0.3, 0.4) is 0 Å². The normalized spacial score (nSPS) is 17.2. The number of halogens is 2. The van der Waals surface area contributed by atoms with E-state index in [1.54, 1.807) is 34.9 Å². The van der Waals surface area contributed by atoms with E-state index in [-0.39, 0.29) is 10.8 Å². The predicted octanol–water partition coefficient (Wildman–Crippen LogP) is 15.7. The van der Waals surface area contributed by atoms with Crippen LogP contribution in [0, 0.1) is 0 Å². The van der Waals surface area contributed by atoms with Crippen molar-refractivity contribution in [3.8, 4) is 0 Å². The number of benzene rings is 3. The van der Waals surface area contributed by atoms with E-state index in [0.717, 1.165) is 92.7 Å². The molecule has 0 amide bonds. The molecule has 3 aromatic carbocycles. The largest absolute Gasteiger partial charge is 0.344 e. The lowest BCUT2D eigenvalue weighted by molar-refractivity contribution is 0.624. The number of thioether (sulfide) groups is 2. The molecule has 0 unspecified atom stereocenters. The Bertz CT molecular complexity index is 2230. The first-order valence-electron chi connectivity index (χ1n) is 20.5. The Morgan fingerprint density at radius 2 is 1.71 bits per heavy atom. The Balaban J connectivity index is 1.39. The summed E-state index contributed by atoms with van der Waals surface area (Å²) in [5.41, 5.74) is 11.1. The SMILES string of the molecule is C=Cc1ccc(CSc2nnc(SC3=C(/C=C/C(=N\CCCC)C(C)(C)c4cccc(Br)c4)CCC/C3=C\C=C3\N(CCCC)c4ccc(Br)cc4C3(C)C)s2)cc1. The molecule has 2 heterocycles. The van der Waals surface area contributed by atoms with Gasteiger partial charge in [0.05, 0.1) is 0 Å². The van der Waals surface area contributed by atoms with Crippen molar-refractivity contribution in [1.29, 1.82) is 0 Å². The Morgan fingerprint density at radius 1 is 0.948 bits per heavy atom. The van der Waals surface area contributed by atoms with Gasteiger partial charge in [-0.1, -0.05) is 182 Å². The van der Waals surface area contributed by atoms with Gasteiger partial charge in [0.1, 0.15) is 0 Å². The minimum absolute atomic E-state index is 0.127. The summed E-state index contributed by atoms with van der Waals surface area (Å²) in [4.78, 5) is 9.10. The van der Waals surface area contributed by atoms with E-state index in [1.165, 1.54) is 44.1 Å². The van der Waals surface area contributed by atoms with Gasteiger partial charge in [0.25, 0.3) is 0 Å². The first-order valence-corrected chi connectivity index (χ1v) is 24.7. The second-order valence-corrected chi connectivity index (χ2v) is 21.3. The maximum absolute atomic E-state index is 5.25. The number of aliphatic imine (C=N–C) groups is 1. The summed E-state index contributed by atoms with van der Waals surface area (Å²) < 4.78 is 4.17. The monoisotopic (exact) mass is 954 g/mol. The zero-order valence-electron chi connectivity index (χ0n) is 34.8. The van der Waals surface area contributed by atoms with Crippen molar-refractivity contribution in [2.45, 2.75) is 112 Å². The van der Waals surface area contributed by atoms with Gasteiger partial charge < -0.3 is 4.90 Å². The minimum atomic E-state index is -0.267. The Kier molecular flexibility index (Phi) is 15.8. The molecule has 6 rings (SSSR count). The smallest absolute Gasteiger partial charge is 0.179 e. The summed E-state index contributed by atoms with van der Waals surface area (Å²) in [6.45, 7) is 19.6. The van der Waals surface area contributed by atoms with Gasteiger partial charge in [0, 0.05) is 60.6 Å². The van der Waals surface area contributed by atoms with Gasteiger partial charge in [-0.25, -0.2) is 0 Å². The maximum atomic E-state index is 5.25. The Hall–Kier alpha value is -2.95. The van der Waals surface area contributed by atoms with E-state index in [1.807, 2.05) is 6.08 Å². The lowest BCUT2D eigenvalue weighted by Gasteiger charge is -2.28. The van der Waals surface area contributed by atoms with Crippen molar-refractivity contribution in [2.24, 2.45) is 4.99 Å². The van der Waals surface area contributed by atoms with Crippen LogP contribution in [-0.2, 0) is 16.6 Å². The number of nitrogens with zero attached hydrogens (tertiary/aromatic N) is 4. The van der Waals surface area contributed by atoms with Gasteiger partial charge in [-0.3, -0.25) is 4.99 Å². The van der Waals surface area contributed by atoms with Crippen molar-refractivity contribution in [3.05, 3.63) is 151 Å². The second kappa shape index (κ2) is 20.5. The molecule has 0 saturated heterocycles. The molecule has 1 aromatic heterocycles. The molecule has 58 heavy (non-hydrogen) atoms. The fourth-order valence-corrected chi connectivity index (χ4v) is 11.5. The molecule has 0 atom stereocenters. The van der Waals surface area contributed by atoms with Crippen molar-refractivity contribution in [2.75, 3.05) is 18.0 Å². The molecule has 1 aliphatic heterocycles. The molecule has 4 aromatic rings. The molecule has 0 N–H and O–H groups in total. The van der Waals surface area contributed by atoms with E-state index in [0.29, 0.717) is 0 Å². The second-order valence-electron chi connectivity index (χ2n) is 16.0. The summed E-state index contributed by atoms with van der Waals surface area (Å²) in [7, 11) is 0. The number of anilines is 1. The number of fused-ring (bicyclic) bond motifs is 1. The van der Waals surface area contributed by atoms with Crippen LogP contribution in [0.4, 0.5) is 5.69 Å².